The average Bonchev–Trinajstić information content (AvgIpc) is 3.19. The Morgan fingerprint density at radius 3 is 2.81 bits per heavy atom. The number of β-amino-alcohol motifs (C(OH)–C–C–N with tert-alkyl or cyclic N) is 1. The molecule has 6 nitrogen and oxygen atoms in total. The lowest BCUT2D eigenvalue weighted by molar-refractivity contribution is -0.0524. The number of ether oxygens (including phenoxy) is 1. The molecule has 1 aromatic carbocycles. The third-order valence-corrected chi connectivity index (χ3v) is 5.92. The minimum atomic E-state index is -1.01. The Bertz CT molecular complexity index is 841. The van der Waals surface area contributed by atoms with E-state index in [0.29, 0.717) is 31.8 Å². The van der Waals surface area contributed by atoms with Gasteiger partial charge in [0.1, 0.15) is 5.60 Å². The van der Waals surface area contributed by atoms with Gasteiger partial charge in [0.2, 0.25) is 0 Å². The molecular formula is C21H29N3O3. The van der Waals surface area contributed by atoms with E-state index in [-0.39, 0.29) is 12.5 Å². The molecule has 1 atom stereocenters. The number of fused-ring (bicyclic) bond motifs is 1. The van der Waals surface area contributed by atoms with Crippen LogP contribution in [0.15, 0.2) is 18.2 Å². The molecule has 0 spiro atoms. The van der Waals surface area contributed by atoms with E-state index in [1.54, 1.807) is 4.90 Å². The van der Waals surface area contributed by atoms with E-state index in [2.05, 4.69) is 16.8 Å². The molecule has 1 amide bonds. The number of hydrogen-bond donors (Lipinski definition) is 2. The van der Waals surface area contributed by atoms with Crippen molar-refractivity contribution in [2.75, 3.05) is 45.9 Å². The molecule has 0 aliphatic carbocycles. The Labute approximate surface area is 160 Å². The molecule has 2 aliphatic rings. The van der Waals surface area contributed by atoms with Crippen LogP contribution in [0, 0.1) is 13.8 Å². The average molecular weight is 371 g/mol. The van der Waals surface area contributed by atoms with E-state index in [0.717, 1.165) is 29.7 Å². The first-order valence-electron chi connectivity index (χ1n) is 9.86. The van der Waals surface area contributed by atoms with Crippen LogP contribution in [0.25, 0.3) is 10.9 Å². The van der Waals surface area contributed by atoms with Crippen LogP contribution < -0.4 is 0 Å². The van der Waals surface area contributed by atoms with E-state index < -0.39 is 5.60 Å². The maximum absolute atomic E-state index is 13.2. The standard InChI is InChI=1S/C21H29N3O3/c1-15-16(2)22-19-6-5-17(11-18(15)19)20(25)24-9-10-27-14-21(26,13-24)12-23-7-3-4-8-23/h5-6,11,22,26H,3-4,7-10,12-14H2,1-2H3/t21-/m0/s1. The lowest BCUT2D eigenvalue weighted by Gasteiger charge is -2.34. The predicted octanol–water partition coefficient (Wildman–Crippen LogP) is 2.08. The number of hydrogen-bond acceptors (Lipinski definition) is 4. The van der Waals surface area contributed by atoms with Crippen molar-refractivity contribution < 1.29 is 14.6 Å². The van der Waals surface area contributed by atoms with E-state index in [9.17, 15) is 9.90 Å². The number of benzene rings is 1. The highest BCUT2D eigenvalue weighted by molar-refractivity contribution is 5.99. The van der Waals surface area contributed by atoms with E-state index in [1.165, 1.54) is 18.4 Å². The summed E-state index contributed by atoms with van der Waals surface area (Å²) in [6.45, 7) is 8.25. The van der Waals surface area contributed by atoms with Crippen LogP contribution in [0.2, 0.25) is 0 Å². The Balaban J connectivity index is 1.55. The van der Waals surface area contributed by atoms with Crippen LogP contribution in [0.5, 0.6) is 0 Å². The summed E-state index contributed by atoms with van der Waals surface area (Å²) in [5.41, 5.74) is 2.99. The molecule has 146 valence electrons. The second-order valence-corrected chi connectivity index (χ2v) is 8.12. The van der Waals surface area contributed by atoms with Gasteiger partial charge in [-0.3, -0.25) is 4.79 Å². The first kappa shape index (κ1) is 18.5. The maximum atomic E-state index is 13.2. The first-order valence-corrected chi connectivity index (χ1v) is 9.86. The number of aromatic amines is 1. The van der Waals surface area contributed by atoms with Gasteiger partial charge in [-0.25, -0.2) is 0 Å². The smallest absolute Gasteiger partial charge is 0.254 e. The molecule has 2 saturated heterocycles. The number of nitrogens with zero attached hydrogens (tertiary/aromatic N) is 2. The van der Waals surface area contributed by atoms with Crippen molar-refractivity contribution in [3.05, 3.63) is 35.0 Å². The van der Waals surface area contributed by atoms with E-state index >= 15 is 0 Å². The molecule has 0 unspecified atom stereocenters. The summed E-state index contributed by atoms with van der Waals surface area (Å²) in [6, 6.07) is 5.79. The molecule has 6 heteroatoms. The molecule has 0 saturated carbocycles. The molecule has 3 heterocycles. The number of carbonyl (C=O) groups excluding carboxylic acids is 1. The zero-order valence-electron chi connectivity index (χ0n) is 16.3. The number of aryl methyl sites for hydroxylation is 2. The van der Waals surface area contributed by atoms with Gasteiger partial charge in [-0.05, 0) is 63.5 Å². The van der Waals surface area contributed by atoms with Gasteiger partial charge >= 0.3 is 0 Å². The van der Waals surface area contributed by atoms with Crippen molar-refractivity contribution in [2.24, 2.45) is 0 Å². The summed E-state index contributed by atoms with van der Waals surface area (Å²) in [6.07, 6.45) is 2.35. The molecule has 2 N–H and O–H groups in total. The van der Waals surface area contributed by atoms with Gasteiger partial charge in [0.05, 0.1) is 19.8 Å². The van der Waals surface area contributed by atoms with E-state index in [1.807, 2.05) is 25.1 Å². The molecule has 2 fully saturated rings. The Morgan fingerprint density at radius 1 is 1.26 bits per heavy atom. The predicted molar refractivity (Wildman–Crippen MR) is 105 cm³/mol. The lowest BCUT2D eigenvalue weighted by atomic mass is 10.0. The van der Waals surface area contributed by atoms with Crippen molar-refractivity contribution in [1.29, 1.82) is 0 Å². The molecule has 2 aromatic rings. The van der Waals surface area contributed by atoms with E-state index in [4.69, 9.17) is 4.74 Å². The molecule has 27 heavy (non-hydrogen) atoms. The van der Waals surface area contributed by atoms with Crippen molar-refractivity contribution in [3.63, 3.8) is 0 Å². The van der Waals surface area contributed by atoms with Crippen LogP contribution in [0.3, 0.4) is 0 Å². The first-order chi connectivity index (χ1) is 13.0. The SMILES string of the molecule is Cc1[nH]c2ccc(C(=O)N3CCOC[C@](O)(CN4CCCC4)C3)cc2c1C. The van der Waals surface area contributed by atoms with Crippen LogP contribution in [-0.4, -0.2) is 77.3 Å². The number of aliphatic hydroxyl groups is 1. The second-order valence-electron chi connectivity index (χ2n) is 8.12. The number of H-pyrrole nitrogens is 1. The highest BCUT2D eigenvalue weighted by atomic mass is 16.5. The zero-order valence-corrected chi connectivity index (χ0v) is 16.3. The third kappa shape index (κ3) is 3.74. The fourth-order valence-corrected chi connectivity index (χ4v) is 4.32. The van der Waals surface area contributed by atoms with Crippen molar-refractivity contribution in [2.45, 2.75) is 32.3 Å². The lowest BCUT2D eigenvalue weighted by Crippen LogP contribution is -2.53. The number of rotatable bonds is 3. The van der Waals surface area contributed by atoms with Gasteiger partial charge in [0, 0.05) is 35.2 Å². The Morgan fingerprint density at radius 2 is 2.04 bits per heavy atom. The van der Waals surface area contributed by atoms with Gasteiger partial charge in [0.25, 0.3) is 5.91 Å². The fourth-order valence-electron chi connectivity index (χ4n) is 4.32. The highest BCUT2D eigenvalue weighted by Gasteiger charge is 2.36. The molecule has 0 radical (unpaired) electrons. The number of nitrogens with one attached hydrogen (secondary N) is 1. The molecule has 4 rings (SSSR count). The Hall–Kier alpha value is -1.89. The highest BCUT2D eigenvalue weighted by Crippen LogP contribution is 2.24. The summed E-state index contributed by atoms with van der Waals surface area (Å²) in [4.78, 5) is 20.5. The summed E-state index contributed by atoms with van der Waals surface area (Å²) in [5, 5.41) is 12.2. The van der Waals surface area contributed by atoms with Gasteiger partial charge in [-0.15, -0.1) is 0 Å². The van der Waals surface area contributed by atoms with Crippen LogP contribution >= 0.6 is 0 Å². The third-order valence-electron chi connectivity index (χ3n) is 5.92. The van der Waals surface area contributed by atoms with Gasteiger partial charge in [-0.2, -0.15) is 0 Å². The topological polar surface area (TPSA) is 68.8 Å². The van der Waals surface area contributed by atoms with Crippen molar-refractivity contribution in [3.8, 4) is 0 Å². The summed E-state index contributed by atoms with van der Waals surface area (Å²) in [5.74, 6) is -0.0412. The molecule has 0 bridgehead atoms. The van der Waals surface area contributed by atoms with Gasteiger partial charge < -0.3 is 24.6 Å². The summed E-state index contributed by atoms with van der Waals surface area (Å²) >= 11 is 0. The number of likely N-dealkylation sites (tertiary alicyclic amines) is 1. The number of amides is 1. The maximum Gasteiger partial charge on any atom is 0.254 e. The molecule has 1 aromatic heterocycles. The molecule has 2 aliphatic heterocycles. The second kappa shape index (κ2) is 7.26. The summed E-state index contributed by atoms with van der Waals surface area (Å²) < 4.78 is 5.65. The van der Waals surface area contributed by atoms with Crippen LogP contribution in [0.4, 0.5) is 0 Å². The van der Waals surface area contributed by atoms with Gasteiger partial charge in [0.15, 0.2) is 0 Å². The monoisotopic (exact) mass is 371 g/mol. The van der Waals surface area contributed by atoms with Crippen LogP contribution in [0.1, 0.15) is 34.5 Å². The van der Waals surface area contributed by atoms with Crippen molar-refractivity contribution >= 4 is 16.8 Å². The van der Waals surface area contributed by atoms with Gasteiger partial charge in [-0.1, -0.05) is 0 Å². The molecular weight excluding hydrogens is 342 g/mol. The quantitative estimate of drug-likeness (QED) is 0.867. The number of carbonyl (C=O) groups is 1. The zero-order chi connectivity index (χ0) is 19.0. The summed E-state index contributed by atoms with van der Waals surface area (Å²) in [7, 11) is 0. The Kier molecular flexibility index (Phi) is 4.97. The van der Waals surface area contributed by atoms with Crippen LogP contribution in [-0.2, 0) is 4.74 Å². The normalized spacial score (nSPS) is 24.5. The van der Waals surface area contributed by atoms with Crippen molar-refractivity contribution in [1.82, 2.24) is 14.8 Å². The minimum absolute atomic E-state index is 0.0412. The fraction of sp³-hybridized carbons (Fsp3) is 0.571. The number of aromatic nitrogens is 1. The minimum Gasteiger partial charge on any atom is -0.384 e. The largest absolute Gasteiger partial charge is 0.384 e.